The van der Waals surface area contributed by atoms with Crippen molar-refractivity contribution in [3.05, 3.63) is 70.9 Å². The molecule has 140 valence electrons. The molecule has 0 saturated heterocycles. The predicted molar refractivity (Wildman–Crippen MR) is 109 cm³/mol. The van der Waals surface area contributed by atoms with Crippen molar-refractivity contribution >= 4 is 11.7 Å². The van der Waals surface area contributed by atoms with Gasteiger partial charge in [-0.05, 0) is 61.8 Å². The lowest BCUT2D eigenvalue weighted by Gasteiger charge is -2.29. The summed E-state index contributed by atoms with van der Waals surface area (Å²) in [5.41, 5.74) is 4.87. The molecule has 1 aliphatic carbocycles. The lowest BCUT2D eigenvalue weighted by molar-refractivity contribution is 0.0734. The molecule has 0 spiro atoms. The maximum atomic E-state index is 12.9. The van der Waals surface area contributed by atoms with Crippen LogP contribution in [0.1, 0.15) is 53.6 Å². The highest BCUT2D eigenvalue weighted by Gasteiger charge is 2.21. The number of anilines is 1. The lowest BCUT2D eigenvalue weighted by atomic mass is 9.97. The number of benzene rings is 1. The average molecular weight is 361 g/mol. The van der Waals surface area contributed by atoms with Gasteiger partial charge in [-0.25, -0.2) is 4.98 Å². The first kappa shape index (κ1) is 17.8. The van der Waals surface area contributed by atoms with Crippen LogP contribution in [0.4, 0.5) is 5.82 Å². The van der Waals surface area contributed by atoms with E-state index in [4.69, 9.17) is 0 Å². The number of carbonyl (C=O) groups excluding carboxylic acids is 1. The number of allylic oxidation sites excluding steroid dienone is 1. The third kappa shape index (κ3) is 4.38. The normalized spacial score (nSPS) is 16.4. The number of amides is 1. The molecule has 1 aromatic carbocycles. The van der Waals surface area contributed by atoms with Crippen LogP contribution in [-0.4, -0.2) is 28.9 Å². The maximum Gasteiger partial charge on any atom is 0.254 e. The Bertz CT molecular complexity index is 843. The average Bonchev–Trinajstić information content (AvgIpc) is 2.74. The first-order chi connectivity index (χ1) is 13.3. The van der Waals surface area contributed by atoms with Crippen LogP contribution in [0, 0.1) is 0 Å². The number of rotatable bonds is 5. The maximum absolute atomic E-state index is 12.9. The van der Waals surface area contributed by atoms with Crippen LogP contribution in [-0.2, 0) is 13.0 Å². The van der Waals surface area contributed by atoms with Crippen LogP contribution in [0.15, 0.2) is 54.2 Å². The van der Waals surface area contributed by atoms with Crippen LogP contribution in [0.25, 0.3) is 0 Å². The van der Waals surface area contributed by atoms with E-state index in [0.717, 1.165) is 31.7 Å². The van der Waals surface area contributed by atoms with Crippen LogP contribution in [0.5, 0.6) is 0 Å². The minimum absolute atomic E-state index is 0.0879. The fraction of sp³-hybridized carbons (Fsp3) is 0.391. The van der Waals surface area contributed by atoms with Gasteiger partial charge in [0.15, 0.2) is 0 Å². The zero-order valence-corrected chi connectivity index (χ0v) is 15.8. The largest absolute Gasteiger partial charge is 0.370 e. The van der Waals surface area contributed by atoms with Gasteiger partial charge in [-0.2, -0.15) is 0 Å². The minimum atomic E-state index is 0.0879. The molecule has 0 bridgehead atoms. The first-order valence-corrected chi connectivity index (χ1v) is 10.0. The molecule has 2 aliphatic rings. The van der Waals surface area contributed by atoms with Crippen LogP contribution >= 0.6 is 0 Å². The first-order valence-electron chi connectivity index (χ1n) is 10.0. The second-order valence-electron chi connectivity index (χ2n) is 7.46. The van der Waals surface area contributed by atoms with E-state index >= 15 is 0 Å². The van der Waals surface area contributed by atoms with E-state index in [2.05, 4.69) is 34.6 Å². The van der Waals surface area contributed by atoms with Gasteiger partial charge in [0.1, 0.15) is 5.82 Å². The number of hydrogen-bond donors (Lipinski definition) is 1. The van der Waals surface area contributed by atoms with E-state index in [1.54, 1.807) is 11.8 Å². The molecule has 1 amide bonds. The van der Waals surface area contributed by atoms with E-state index in [-0.39, 0.29) is 5.91 Å². The van der Waals surface area contributed by atoms with Crippen LogP contribution in [0.3, 0.4) is 0 Å². The van der Waals surface area contributed by atoms with Crippen molar-refractivity contribution in [2.75, 3.05) is 18.4 Å². The summed E-state index contributed by atoms with van der Waals surface area (Å²) in [5, 5.41) is 3.38. The molecule has 1 N–H and O–H groups in total. The van der Waals surface area contributed by atoms with Gasteiger partial charge in [-0.15, -0.1) is 0 Å². The summed E-state index contributed by atoms with van der Waals surface area (Å²) >= 11 is 0. The lowest BCUT2D eigenvalue weighted by Crippen LogP contribution is -2.36. The Labute approximate surface area is 161 Å². The van der Waals surface area contributed by atoms with E-state index in [0.29, 0.717) is 12.1 Å². The van der Waals surface area contributed by atoms with Crippen molar-refractivity contribution in [2.45, 2.75) is 45.1 Å². The molecule has 0 fully saturated rings. The highest BCUT2D eigenvalue weighted by atomic mass is 16.2. The summed E-state index contributed by atoms with van der Waals surface area (Å²) in [6.07, 6.45) is 11.2. The molecule has 0 radical (unpaired) electrons. The van der Waals surface area contributed by atoms with Crippen molar-refractivity contribution in [3.8, 4) is 0 Å². The second kappa shape index (κ2) is 8.38. The van der Waals surface area contributed by atoms with Gasteiger partial charge in [-0.1, -0.05) is 35.9 Å². The van der Waals surface area contributed by atoms with Gasteiger partial charge in [-0.3, -0.25) is 4.79 Å². The highest BCUT2D eigenvalue weighted by molar-refractivity contribution is 5.95. The van der Waals surface area contributed by atoms with E-state index < -0.39 is 0 Å². The molecule has 0 atom stereocenters. The van der Waals surface area contributed by atoms with Crippen molar-refractivity contribution in [3.63, 3.8) is 0 Å². The highest BCUT2D eigenvalue weighted by Crippen LogP contribution is 2.22. The Balaban J connectivity index is 1.37. The third-order valence-corrected chi connectivity index (χ3v) is 5.56. The number of hydrogen-bond acceptors (Lipinski definition) is 3. The second-order valence-corrected chi connectivity index (χ2v) is 7.46. The van der Waals surface area contributed by atoms with E-state index in [1.807, 2.05) is 23.1 Å². The molecule has 2 heterocycles. The molecular weight excluding hydrogens is 334 g/mol. The van der Waals surface area contributed by atoms with Gasteiger partial charge in [0, 0.05) is 31.4 Å². The number of aromatic nitrogens is 1. The third-order valence-electron chi connectivity index (χ3n) is 5.56. The molecule has 0 unspecified atom stereocenters. The number of carbonyl (C=O) groups is 1. The summed E-state index contributed by atoms with van der Waals surface area (Å²) < 4.78 is 0. The zero-order chi connectivity index (χ0) is 18.5. The summed E-state index contributed by atoms with van der Waals surface area (Å²) in [5.74, 6) is 0.875. The SMILES string of the molecule is O=C(c1ccnc(NCCC2=CCCCC2)c1)N1CCc2ccccc2C1. The van der Waals surface area contributed by atoms with Crippen molar-refractivity contribution in [1.29, 1.82) is 0 Å². The summed E-state index contributed by atoms with van der Waals surface area (Å²) in [4.78, 5) is 19.3. The zero-order valence-electron chi connectivity index (χ0n) is 15.8. The Morgan fingerprint density at radius 1 is 1.11 bits per heavy atom. The molecule has 4 heteroatoms. The topological polar surface area (TPSA) is 45.2 Å². The quantitative estimate of drug-likeness (QED) is 0.793. The molecule has 27 heavy (non-hydrogen) atoms. The van der Waals surface area contributed by atoms with Gasteiger partial charge >= 0.3 is 0 Å². The monoisotopic (exact) mass is 361 g/mol. The van der Waals surface area contributed by atoms with Gasteiger partial charge in [0.2, 0.25) is 0 Å². The smallest absolute Gasteiger partial charge is 0.254 e. The molecular formula is C23H27N3O. The van der Waals surface area contributed by atoms with Crippen molar-refractivity contribution in [2.24, 2.45) is 0 Å². The van der Waals surface area contributed by atoms with E-state index in [9.17, 15) is 4.79 Å². The van der Waals surface area contributed by atoms with Crippen molar-refractivity contribution in [1.82, 2.24) is 9.88 Å². The number of nitrogens with zero attached hydrogens (tertiary/aromatic N) is 2. The minimum Gasteiger partial charge on any atom is -0.370 e. The van der Waals surface area contributed by atoms with Gasteiger partial charge < -0.3 is 10.2 Å². The van der Waals surface area contributed by atoms with Gasteiger partial charge in [0.25, 0.3) is 5.91 Å². The fourth-order valence-corrected chi connectivity index (χ4v) is 3.99. The van der Waals surface area contributed by atoms with Gasteiger partial charge in [0.05, 0.1) is 0 Å². The Morgan fingerprint density at radius 2 is 2.00 bits per heavy atom. The Hall–Kier alpha value is -2.62. The fourth-order valence-electron chi connectivity index (χ4n) is 3.99. The number of nitrogens with one attached hydrogen (secondary N) is 1. The number of fused-ring (bicyclic) bond motifs is 1. The summed E-state index contributed by atoms with van der Waals surface area (Å²) in [7, 11) is 0. The molecule has 0 saturated carbocycles. The van der Waals surface area contributed by atoms with Crippen LogP contribution in [0.2, 0.25) is 0 Å². The van der Waals surface area contributed by atoms with Crippen LogP contribution < -0.4 is 5.32 Å². The molecule has 2 aromatic rings. The molecule has 1 aromatic heterocycles. The molecule has 4 nitrogen and oxygen atoms in total. The standard InChI is InChI=1S/C23H27N3O/c27-23(26-15-12-19-8-4-5-9-21(19)17-26)20-11-14-25-22(16-20)24-13-10-18-6-2-1-3-7-18/h4-6,8-9,11,14,16H,1-3,7,10,12-13,15,17H2,(H,24,25). The Kier molecular flexibility index (Phi) is 5.52. The predicted octanol–water partition coefficient (Wildman–Crippen LogP) is 4.58. The Morgan fingerprint density at radius 3 is 2.85 bits per heavy atom. The molecule has 4 rings (SSSR count). The summed E-state index contributed by atoms with van der Waals surface area (Å²) in [6.45, 7) is 2.33. The van der Waals surface area contributed by atoms with E-state index in [1.165, 1.54) is 36.8 Å². The van der Waals surface area contributed by atoms with Crippen molar-refractivity contribution < 1.29 is 4.79 Å². The molecule has 1 aliphatic heterocycles. The number of pyridine rings is 1. The summed E-state index contributed by atoms with van der Waals surface area (Å²) in [6, 6.07) is 12.1.